The van der Waals surface area contributed by atoms with E-state index in [1.54, 1.807) is 24.3 Å². The zero-order chi connectivity index (χ0) is 21.6. The van der Waals surface area contributed by atoms with Crippen molar-refractivity contribution in [1.29, 1.82) is 5.26 Å². The molecule has 2 aromatic carbocycles. The Morgan fingerprint density at radius 2 is 1.83 bits per heavy atom. The number of primary amides is 1. The van der Waals surface area contributed by atoms with Crippen LogP contribution >= 0.6 is 11.6 Å². The van der Waals surface area contributed by atoms with E-state index in [0.29, 0.717) is 16.3 Å². The predicted octanol–water partition coefficient (Wildman–Crippen LogP) is 3.34. The van der Waals surface area contributed by atoms with Gasteiger partial charge in [-0.25, -0.2) is 4.79 Å². The Kier molecular flexibility index (Phi) is 7.23. The molecular weight excluding hydrogens is 396 g/mol. The van der Waals surface area contributed by atoms with Gasteiger partial charge in [-0.3, -0.25) is 4.79 Å². The fourth-order valence-electron chi connectivity index (χ4n) is 2.47. The smallest absolute Gasteiger partial charge is 0.349 e. The molecule has 0 fully saturated rings. The van der Waals surface area contributed by atoms with Gasteiger partial charge in [-0.15, -0.1) is 0 Å². The van der Waals surface area contributed by atoms with E-state index in [1.807, 2.05) is 13.8 Å². The summed E-state index contributed by atoms with van der Waals surface area (Å²) in [6.07, 6.45) is 1.31. The molecule has 1 amide bonds. The minimum atomic E-state index is -0.841. The van der Waals surface area contributed by atoms with Crippen molar-refractivity contribution in [2.45, 2.75) is 13.8 Å². The molecule has 0 aliphatic heterocycles. The van der Waals surface area contributed by atoms with E-state index in [2.05, 4.69) is 0 Å². The number of methoxy groups -OCH3 is 1. The first kappa shape index (κ1) is 21.8. The molecule has 2 aromatic rings. The molecule has 2 rings (SSSR count). The maximum Gasteiger partial charge on any atom is 0.349 e. The molecule has 0 unspecified atom stereocenters. The summed E-state index contributed by atoms with van der Waals surface area (Å²) < 4.78 is 16.0. The Morgan fingerprint density at radius 3 is 2.38 bits per heavy atom. The average Bonchev–Trinajstić information content (AvgIpc) is 2.69. The van der Waals surface area contributed by atoms with Crippen LogP contribution in [-0.2, 0) is 9.59 Å². The molecule has 0 heterocycles. The zero-order valence-corrected chi connectivity index (χ0v) is 16.9. The molecule has 0 aromatic heterocycles. The average molecular weight is 415 g/mol. The van der Waals surface area contributed by atoms with E-state index in [9.17, 15) is 9.59 Å². The normalized spacial score (nSPS) is 10.8. The van der Waals surface area contributed by atoms with Gasteiger partial charge in [0.25, 0.3) is 5.91 Å². The fourth-order valence-corrected chi connectivity index (χ4v) is 2.58. The van der Waals surface area contributed by atoms with Crippen LogP contribution in [0.4, 0.5) is 0 Å². The van der Waals surface area contributed by atoms with Gasteiger partial charge in [0.1, 0.15) is 17.4 Å². The molecule has 0 spiro atoms. The third-order valence-corrected chi connectivity index (χ3v) is 4.47. The van der Waals surface area contributed by atoms with Gasteiger partial charge in [0.05, 0.1) is 7.11 Å². The summed E-state index contributed by atoms with van der Waals surface area (Å²) in [6, 6.07) is 9.72. The van der Waals surface area contributed by atoms with Crippen LogP contribution in [0.5, 0.6) is 17.2 Å². The number of ether oxygens (including phenoxy) is 3. The highest BCUT2D eigenvalue weighted by molar-refractivity contribution is 6.32. The number of rotatable bonds is 7. The number of carbonyl (C=O) groups is 2. The van der Waals surface area contributed by atoms with Gasteiger partial charge in [-0.1, -0.05) is 17.7 Å². The third-order valence-electron chi connectivity index (χ3n) is 3.88. The summed E-state index contributed by atoms with van der Waals surface area (Å²) in [5.74, 6) is -0.561. The van der Waals surface area contributed by atoms with Crippen molar-refractivity contribution >= 4 is 29.6 Å². The zero-order valence-electron chi connectivity index (χ0n) is 16.1. The van der Waals surface area contributed by atoms with Crippen molar-refractivity contribution in [3.63, 3.8) is 0 Å². The van der Waals surface area contributed by atoms with Gasteiger partial charge in [-0.05, 0) is 60.9 Å². The molecule has 0 radical (unpaired) electrons. The molecule has 8 heteroatoms. The highest BCUT2D eigenvalue weighted by Gasteiger charge is 2.13. The maximum atomic E-state index is 12.1. The van der Waals surface area contributed by atoms with Crippen molar-refractivity contribution in [3.8, 4) is 23.3 Å². The van der Waals surface area contributed by atoms with Gasteiger partial charge in [0.15, 0.2) is 18.1 Å². The third kappa shape index (κ3) is 5.74. The summed E-state index contributed by atoms with van der Waals surface area (Å²) >= 11 is 6.12. The Morgan fingerprint density at radius 1 is 1.17 bits per heavy atom. The van der Waals surface area contributed by atoms with Gasteiger partial charge in [0.2, 0.25) is 0 Å². The minimum Gasteiger partial charge on any atom is -0.493 e. The SMILES string of the molecule is COc1cc(/C=C(\C#N)C(N)=O)ccc1OC(=O)COc1cc(C)c(Cl)c(C)c1. The number of carbonyl (C=O) groups excluding carboxylic acids is 2. The van der Waals surface area contributed by atoms with Gasteiger partial charge >= 0.3 is 5.97 Å². The molecule has 0 saturated heterocycles. The molecule has 0 saturated carbocycles. The van der Waals surface area contributed by atoms with Crippen LogP contribution < -0.4 is 19.9 Å². The maximum absolute atomic E-state index is 12.1. The van der Waals surface area contributed by atoms with Crippen LogP contribution in [0.15, 0.2) is 35.9 Å². The summed E-state index contributed by atoms with van der Waals surface area (Å²) in [5, 5.41) is 9.57. The van der Waals surface area contributed by atoms with Gasteiger partial charge < -0.3 is 19.9 Å². The molecule has 150 valence electrons. The van der Waals surface area contributed by atoms with Crippen molar-refractivity contribution < 1.29 is 23.8 Å². The van der Waals surface area contributed by atoms with Crippen LogP contribution in [0.25, 0.3) is 6.08 Å². The van der Waals surface area contributed by atoms with Crippen LogP contribution in [0.2, 0.25) is 5.02 Å². The highest BCUT2D eigenvalue weighted by Crippen LogP contribution is 2.29. The summed E-state index contributed by atoms with van der Waals surface area (Å²) in [7, 11) is 1.40. The highest BCUT2D eigenvalue weighted by atomic mass is 35.5. The number of nitrogens with two attached hydrogens (primary N) is 1. The van der Waals surface area contributed by atoms with Crippen LogP contribution in [0.1, 0.15) is 16.7 Å². The van der Waals surface area contributed by atoms with Crippen molar-refractivity contribution in [2.75, 3.05) is 13.7 Å². The quantitative estimate of drug-likeness (QED) is 0.322. The van der Waals surface area contributed by atoms with Crippen LogP contribution in [-0.4, -0.2) is 25.6 Å². The van der Waals surface area contributed by atoms with E-state index in [4.69, 9.17) is 36.8 Å². The number of aryl methyl sites for hydroxylation is 2. The molecule has 7 nitrogen and oxygen atoms in total. The lowest BCUT2D eigenvalue weighted by atomic mass is 10.1. The second kappa shape index (κ2) is 9.62. The number of nitrogens with zero attached hydrogens (tertiary/aromatic N) is 1. The minimum absolute atomic E-state index is 0.166. The standard InChI is InChI=1S/C21H19ClN2O5/c1-12-6-16(7-13(2)20(12)22)28-11-19(25)29-17-5-4-14(9-18(17)27-3)8-15(10-23)21(24)26/h4-9H,11H2,1-3H3,(H2,24,26)/b15-8+. The number of hydrogen-bond acceptors (Lipinski definition) is 6. The number of hydrogen-bond donors (Lipinski definition) is 1. The van der Waals surface area contributed by atoms with E-state index in [0.717, 1.165) is 11.1 Å². The molecule has 29 heavy (non-hydrogen) atoms. The van der Waals surface area contributed by atoms with E-state index >= 15 is 0 Å². The molecule has 0 aliphatic rings. The predicted molar refractivity (Wildman–Crippen MR) is 108 cm³/mol. The number of halogens is 1. The number of amides is 1. The first-order valence-electron chi connectivity index (χ1n) is 8.45. The van der Waals surface area contributed by atoms with Gasteiger partial charge in [0, 0.05) is 5.02 Å². The van der Waals surface area contributed by atoms with E-state index in [-0.39, 0.29) is 23.7 Å². The summed E-state index contributed by atoms with van der Waals surface area (Å²) in [6.45, 7) is 3.38. The number of nitriles is 1. The lowest BCUT2D eigenvalue weighted by molar-refractivity contribution is -0.136. The topological polar surface area (TPSA) is 112 Å². The fraction of sp³-hybridized carbons (Fsp3) is 0.190. The summed E-state index contributed by atoms with van der Waals surface area (Å²) in [5.41, 5.74) is 7.08. The Hall–Kier alpha value is -3.50. The molecular formula is C21H19ClN2O5. The molecule has 0 bridgehead atoms. The monoisotopic (exact) mass is 414 g/mol. The first-order chi connectivity index (χ1) is 13.7. The van der Waals surface area contributed by atoms with E-state index < -0.39 is 11.9 Å². The lowest BCUT2D eigenvalue weighted by Crippen LogP contribution is -2.18. The number of benzene rings is 2. The molecule has 2 N–H and O–H groups in total. The Bertz CT molecular complexity index is 1000. The second-order valence-electron chi connectivity index (χ2n) is 6.08. The number of esters is 1. The largest absolute Gasteiger partial charge is 0.493 e. The van der Waals surface area contributed by atoms with E-state index in [1.165, 1.54) is 25.3 Å². The van der Waals surface area contributed by atoms with Gasteiger partial charge in [-0.2, -0.15) is 5.26 Å². The van der Waals surface area contributed by atoms with Crippen molar-refractivity contribution in [3.05, 3.63) is 57.6 Å². The van der Waals surface area contributed by atoms with Crippen molar-refractivity contribution in [2.24, 2.45) is 5.73 Å². The van der Waals surface area contributed by atoms with Crippen LogP contribution in [0, 0.1) is 25.2 Å². The van der Waals surface area contributed by atoms with Crippen LogP contribution in [0.3, 0.4) is 0 Å². The Balaban J connectivity index is 2.10. The first-order valence-corrected chi connectivity index (χ1v) is 8.82. The second-order valence-corrected chi connectivity index (χ2v) is 6.46. The molecule has 0 aliphatic carbocycles. The lowest BCUT2D eigenvalue weighted by Gasteiger charge is -2.12. The Labute approximate surface area is 173 Å². The summed E-state index contributed by atoms with van der Waals surface area (Å²) in [4.78, 5) is 23.3. The molecule has 0 atom stereocenters. The van der Waals surface area contributed by atoms with Crippen molar-refractivity contribution in [1.82, 2.24) is 0 Å².